The number of hydrogen-bond donors (Lipinski definition) is 3. The lowest BCUT2D eigenvalue weighted by molar-refractivity contribution is -0.151. The number of amides is 1. The largest absolute Gasteiger partial charge is 0.462 e. The van der Waals surface area contributed by atoms with Gasteiger partial charge in [0.15, 0.2) is 0 Å². The zero-order valence-electron chi connectivity index (χ0n) is 45.2. The maximum absolute atomic E-state index is 13.3. The van der Waals surface area contributed by atoms with Crippen LogP contribution in [0.15, 0.2) is 60.8 Å². The lowest BCUT2D eigenvalue weighted by Crippen LogP contribution is -2.46. The van der Waals surface area contributed by atoms with Crippen molar-refractivity contribution in [2.45, 2.75) is 315 Å². The zero-order chi connectivity index (χ0) is 49.5. The molecule has 3 N–H and O–H groups in total. The molecule has 6 heteroatoms. The van der Waals surface area contributed by atoms with Crippen molar-refractivity contribution >= 4 is 11.9 Å². The van der Waals surface area contributed by atoms with Crippen LogP contribution in [0, 0.1) is 0 Å². The minimum atomic E-state index is -0.798. The number of aliphatic hydroxyl groups is 2. The van der Waals surface area contributed by atoms with E-state index in [0.29, 0.717) is 19.3 Å². The van der Waals surface area contributed by atoms with E-state index in [2.05, 4.69) is 86.8 Å². The summed E-state index contributed by atoms with van der Waals surface area (Å²) in [4.78, 5) is 26.3. The van der Waals surface area contributed by atoms with Gasteiger partial charge in [0.25, 0.3) is 0 Å². The van der Waals surface area contributed by atoms with Crippen LogP contribution in [0.1, 0.15) is 297 Å². The fourth-order valence-corrected chi connectivity index (χ4v) is 8.82. The first-order chi connectivity index (χ1) is 33.5. The Morgan fingerprint density at radius 2 is 0.750 bits per heavy atom. The Hall–Kier alpha value is -2.44. The van der Waals surface area contributed by atoms with Crippen LogP contribution in [0.4, 0.5) is 0 Å². The number of unbranched alkanes of at least 4 members (excludes halogenated alkanes) is 31. The molecule has 68 heavy (non-hydrogen) atoms. The number of aliphatic hydroxyl groups excluding tert-OH is 2. The van der Waals surface area contributed by atoms with Crippen molar-refractivity contribution in [1.29, 1.82) is 0 Å². The van der Waals surface area contributed by atoms with Crippen LogP contribution in [0.2, 0.25) is 0 Å². The van der Waals surface area contributed by atoms with Crippen molar-refractivity contribution in [2.24, 2.45) is 0 Å². The summed E-state index contributed by atoms with van der Waals surface area (Å²) in [6, 6.07) is -0.713. The topological polar surface area (TPSA) is 95.9 Å². The predicted molar refractivity (Wildman–Crippen MR) is 296 cm³/mol. The van der Waals surface area contributed by atoms with Gasteiger partial charge in [-0.15, -0.1) is 0 Å². The Bertz CT molecular complexity index is 1210. The van der Waals surface area contributed by atoms with Gasteiger partial charge < -0.3 is 20.3 Å². The molecule has 6 nitrogen and oxygen atoms in total. The quantitative estimate of drug-likeness (QED) is 0.0321. The molecule has 0 aliphatic rings. The van der Waals surface area contributed by atoms with Crippen LogP contribution in [-0.4, -0.2) is 46.9 Å². The van der Waals surface area contributed by atoms with Gasteiger partial charge in [-0.1, -0.05) is 248 Å². The van der Waals surface area contributed by atoms with E-state index in [4.69, 9.17) is 4.74 Å². The predicted octanol–water partition coefficient (Wildman–Crippen LogP) is 18.4. The van der Waals surface area contributed by atoms with Gasteiger partial charge in [0.1, 0.15) is 6.10 Å². The molecule has 0 saturated heterocycles. The summed E-state index contributed by atoms with van der Waals surface area (Å²) < 4.78 is 5.95. The molecule has 396 valence electrons. The van der Waals surface area contributed by atoms with Gasteiger partial charge in [-0.2, -0.15) is 0 Å². The molecular weight excluding hydrogens is 839 g/mol. The van der Waals surface area contributed by atoms with Crippen molar-refractivity contribution in [2.75, 3.05) is 6.61 Å². The van der Waals surface area contributed by atoms with Gasteiger partial charge in [-0.25, -0.2) is 0 Å². The summed E-state index contributed by atoms with van der Waals surface area (Å²) >= 11 is 0. The van der Waals surface area contributed by atoms with Crippen molar-refractivity contribution in [3.05, 3.63) is 60.8 Å². The smallest absolute Gasteiger partial charge is 0.306 e. The third-order valence-electron chi connectivity index (χ3n) is 13.3. The highest BCUT2D eigenvalue weighted by Crippen LogP contribution is 2.18. The molecule has 3 unspecified atom stereocenters. The second-order valence-electron chi connectivity index (χ2n) is 20.0. The van der Waals surface area contributed by atoms with E-state index in [1.165, 1.54) is 161 Å². The molecule has 0 saturated carbocycles. The second-order valence-corrected chi connectivity index (χ2v) is 20.0. The van der Waals surface area contributed by atoms with E-state index in [9.17, 15) is 19.8 Å². The summed E-state index contributed by atoms with van der Waals surface area (Å²) in [6.45, 7) is 6.47. The fourth-order valence-electron chi connectivity index (χ4n) is 8.82. The summed E-state index contributed by atoms with van der Waals surface area (Å²) in [6.07, 6.45) is 69.9. The molecule has 0 aromatic rings. The minimum absolute atomic E-state index is 0.0589. The third-order valence-corrected chi connectivity index (χ3v) is 13.3. The van der Waals surface area contributed by atoms with E-state index in [0.717, 1.165) is 89.9 Å². The molecule has 1 amide bonds. The number of hydrogen-bond acceptors (Lipinski definition) is 5. The van der Waals surface area contributed by atoms with Crippen LogP contribution < -0.4 is 5.32 Å². The van der Waals surface area contributed by atoms with E-state index in [1.54, 1.807) is 0 Å². The third kappa shape index (κ3) is 50.0. The van der Waals surface area contributed by atoms with Gasteiger partial charge in [-0.05, 0) is 96.3 Å². The van der Waals surface area contributed by atoms with E-state index in [1.807, 2.05) is 0 Å². The molecule has 0 heterocycles. The molecule has 0 aliphatic heterocycles. The molecule has 3 atom stereocenters. The molecule has 0 bridgehead atoms. The summed E-state index contributed by atoms with van der Waals surface area (Å²) in [7, 11) is 0. The lowest BCUT2D eigenvalue weighted by Gasteiger charge is -2.24. The summed E-state index contributed by atoms with van der Waals surface area (Å²) in [5, 5.41) is 23.9. The molecule has 0 spiro atoms. The van der Waals surface area contributed by atoms with Gasteiger partial charge in [-0.3, -0.25) is 9.59 Å². The highest BCUT2D eigenvalue weighted by molar-refractivity contribution is 5.77. The zero-order valence-corrected chi connectivity index (χ0v) is 45.2. The SMILES string of the molecule is CCCCC/C=C\C/C=C\C/C=C\C/C=C\CCCCCC(=O)OC(CCCCCCC/C=C/CCCCCCCC)CC(=O)NC(CO)C(O)CCCCCCCCCCCCCCCCC. The number of rotatable bonds is 53. The number of esters is 1. The lowest BCUT2D eigenvalue weighted by atomic mass is 10.0. The number of allylic oxidation sites excluding steroid dienone is 10. The van der Waals surface area contributed by atoms with Gasteiger partial charge >= 0.3 is 5.97 Å². The van der Waals surface area contributed by atoms with Crippen molar-refractivity contribution in [3.8, 4) is 0 Å². The molecule has 0 radical (unpaired) electrons. The number of nitrogens with one attached hydrogen (secondary N) is 1. The molecule has 0 aromatic carbocycles. The number of carbonyl (C=O) groups excluding carboxylic acids is 2. The Balaban J connectivity index is 4.61. The first-order valence-corrected chi connectivity index (χ1v) is 29.5. The molecule has 0 rings (SSSR count). The fraction of sp³-hybridized carbons (Fsp3) is 0.806. The summed E-state index contributed by atoms with van der Waals surface area (Å²) in [5.41, 5.74) is 0. The Morgan fingerprint density at radius 1 is 0.426 bits per heavy atom. The Kier molecular flexibility index (Phi) is 53.5. The maximum atomic E-state index is 13.3. The summed E-state index contributed by atoms with van der Waals surface area (Å²) in [5.74, 6) is -0.510. The van der Waals surface area contributed by atoms with Crippen molar-refractivity contribution < 1.29 is 24.5 Å². The Morgan fingerprint density at radius 3 is 1.18 bits per heavy atom. The highest BCUT2D eigenvalue weighted by atomic mass is 16.5. The van der Waals surface area contributed by atoms with Gasteiger partial charge in [0.2, 0.25) is 5.91 Å². The number of ether oxygens (including phenoxy) is 1. The molecular formula is C62H113NO5. The monoisotopic (exact) mass is 952 g/mol. The molecule has 0 aromatic heterocycles. The highest BCUT2D eigenvalue weighted by Gasteiger charge is 2.24. The Labute approximate surface area is 422 Å². The maximum Gasteiger partial charge on any atom is 0.306 e. The average Bonchev–Trinajstić information content (AvgIpc) is 3.33. The van der Waals surface area contributed by atoms with Crippen LogP contribution in [0.3, 0.4) is 0 Å². The molecule has 0 aliphatic carbocycles. The van der Waals surface area contributed by atoms with Crippen LogP contribution in [-0.2, 0) is 14.3 Å². The standard InChI is InChI=1S/C62H113NO5/c1-4-7-10-13-16-19-22-25-28-29-30-31-34-37-40-43-46-49-52-55-62(67)68-58(53-50-47-44-41-38-35-32-26-23-20-17-14-11-8-5-2)56-61(66)63-59(57-64)60(65)54-51-48-45-42-39-36-33-27-24-21-18-15-12-9-6-3/h16,19,25-26,28,30-32,37,40,58-60,64-65H,4-15,17-18,20-24,27,29,33-36,38-39,41-57H2,1-3H3,(H,63,66)/b19-16-,28-25-,31-30-,32-26+,40-37-. The number of carbonyl (C=O) groups is 2. The van der Waals surface area contributed by atoms with Crippen LogP contribution in [0.5, 0.6) is 0 Å². The van der Waals surface area contributed by atoms with Crippen molar-refractivity contribution in [1.82, 2.24) is 5.32 Å². The first kappa shape index (κ1) is 65.6. The minimum Gasteiger partial charge on any atom is -0.462 e. The van der Waals surface area contributed by atoms with Crippen LogP contribution >= 0.6 is 0 Å². The molecule has 0 fully saturated rings. The van der Waals surface area contributed by atoms with Crippen molar-refractivity contribution in [3.63, 3.8) is 0 Å². The normalized spacial score (nSPS) is 13.5. The van der Waals surface area contributed by atoms with Crippen LogP contribution in [0.25, 0.3) is 0 Å². The average molecular weight is 953 g/mol. The van der Waals surface area contributed by atoms with E-state index in [-0.39, 0.29) is 24.9 Å². The van der Waals surface area contributed by atoms with Gasteiger partial charge in [0.05, 0.1) is 25.2 Å². The van der Waals surface area contributed by atoms with E-state index >= 15 is 0 Å². The second kappa shape index (κ2) is 55.5. The first-order valence-electron chi connectivity index (χ1n) is 29.5. The van der Waals surface area contributed by atoms with E-state index < -0.39 is 18.2 Å². The van der Waals surface area contributed by atoms with Gasteiger partial charge in [0, 0.05) is 6.42 Å².